The summed E-state index contributed by atoms with van der Waals surface area (Å²) in [6.45, 7) is 2.31. The van der Waals surface area contributed by atoms with Crippen molar-refractivity contribution in [3.8, 4) is 0 Å². The highest BCUT2D eigenvalue weighted by Crippen LogP contribution is 2.38. The lowest BCUT2D eigenvalue weighted by atomic mass is 9.84. The number of fused-ring (bicyclic) bond motifs is 1. The molecule has 0 aromatic carbocycles. The normalized spacial score (nSPS) is 21.7. The summed E-state index contributed by atoms with van der Waals surface area (Å²) in [6.07, 6.45) is 9.18. The molecule has 1 aliphatic heterocycles. The Kier molecular flexibility index (Phi) is 2.25. The van der Waals surface area contributed by atoms with Crippen LogP contribution < -0.4 is 4.90 Å². The summed E-state index contributed by atoms with van der Waals surface area (Å²) in [5, 5.41) is 7.99. The molecule has 5 nitrogen and oxygen atoms in total. The SMILES string of the molecule is c1nc(N2CC(C3CCCC3)C2)c2cn[nH]c2n1. The van der Waals surface area contributed by atoms with Gasteiger partial charge < -0.3 is 4.90 Å². The average Bonchev–Trinajstić information content (AvgIpc) is 2.97. The van der Waals surface area contributed by atoms with E-state index in [-0.39, 0.29) is 0 Å². The number of nitrogens with zero attached hydrogens (tertiary/aromatic N) is 4. The summed E-state index contributed by atoms with van der Waals surface area (Å²) in [4.78, 5) is 11.0. The van der Waals surface area contributed by atoms with Crippen molar-refractivity contribution >= 4 is 16.9 Å². The van der Waals surface area contributed by atoms with Gasteiger partial charge in [0.1, 0.15) is 12.1 Å². The Labute approximate surface area is 106 Å². The lowest BCUT2D eigenvalue weighted by Gasteiger charge is -2.43. The third-order valence-electron chi connectivity index (χ3n) is 4.50. The molecule has 0 amide bonds. The van der Waals surface area contributed by atoms with Crippen molar-refractivity contribution in [3.63, 3.8) is 0 Å². The smallest absolute Gasteiger partial charge is 0.160 e. The van der Waals surface area contributed by atoms with Crippen LogP contribution in [0, 0.1) is 11.8 Å². The maximum atomic E-state index is 4.42. The van der Waals surface area contributed by atoms with Crippen molar-refractivity contribution in [2.24, 2.45) is 11.8 Å². The number of anilines is 1. The summed E-state index contributed by atoms with van der Waals surface area (Å²) >= 11 is 0. The molecular weight excluding hydrogens is 226 g/mol. The Morgan fingerprint density at radius 3 is 2.78 bits per heavy atom. The van der Waals surface area contributed by atoms with Crippen LogP contribution in [0.15, 0.2) is 12.5 Å². The molecule has 0 spiro atoms. The van der Waals surface area contributed by atoms with E-state index in [4.69, 9.17) is 0 Å². The van der Waals surface area contributed by atoms with Crippen LogP contribution in [-0.4, -0.2) is 33.3 Å². The topological polar surface area (TPSA) is 57.7 Å². The minimum atomic E-state index is 0.837. The Morgan fingerprint density at radius 2 is 1.94 bits per heavy atom. The summed E-state index contributed by atoms with van der Waals surface area (Å²) in [6, 6.07) is 0. The molecule has 18 heavy (non-hydrogen) atoms. The molecule has 0 atom stereocenters. The van der Waals surface area contributed by atoms with Gasteiger partial charge in [0, 0.05) is 13.1 Å². The molecular formula is C13H17N5. The summed E-state index contributed by atoms with van der Waals surface area (Å²) < 4.78 is 0. The van der Waals surface area contributed by atoms with E-state index in [1.54, 1.807) is 6.33 Å². The molecule has 2 aromatic rings. The van der Waals surface area contributed by atoms with E-state index >= 15 is 0 Å². The van der Waals surface area contributed by atoms with Gasteiger partial charge in [0.15, 0.2) is 5.65 Å². The molecule has 0 radical (unpaired) electrons. The number of hydrogen-bond donors (Lipinski definition) is 1. The van der Waals surface area contributed by atoms with Crippen LogP contribution in [0.3, 0.4) is 0 Å². The highest BCUT2D eigenvalue weighted by molar-refractivity contribution is 5.86. The summed E-state index contributed by atoms with van der Waals surface area (Å²) in [7, 11) is 0. The molecule has 2 aliphatic rings. The maximum Gasteiger partial charge on any atom is 0.160 e. The Balaban J connectivity index is 1.54. The molecule has 94 valence electrons. The fourth-order valence-corrected chi connectivity index (χ4v) is 3.42. The zero-order valence-corrected chi connectivity index (χ0v) is 10.3. The van der Waals surface area contributed by atoms with Crippen LogP contribution >= 0.6 is 0 Å². The van der Waals surface area contributed by atoms with Crippen LogP contribution in [0.1, 0.15) is 25.7 Å². The van der Waals surface area contributed by atoms with E-state index in [0.29, 0.717) is 0 Å². The Bertz CT molecular complexity index is 551. The van der Waals surface area contributed by atoms with Crippen molar-refractivity contribution in [1.29, 1.82) is 0 Å². The first-order chi connectivity index (χ1) is 8.92. The summed E-state index contributed by atoms with van der Waals surface area (Å²) in [5.41, 5.74) is 0.837. The maximum absolute atomic E-state index is 4.42. The predicted molar refractivity (Wildman–Crippen MR) is 69.3 cm³/mol. The summed E-state index contributed by atoms with van der Waals surface area (Å²) in [5.74, 6) is 2.88. The number of aromatic amines is 1. The lowest BCUT2D eigenvalue weighted by molar-refractivity contribution is 0.275. The molecule has 5 heteroatoms. The molecule has 1 saturated heterocycles. The fraction of sp³-hybridized carbons (Fsp3) is 0.615. The zero-order chi connectivity index (χ0) is 11.9. The van der Waals surface area contributed by atoms with E-state index in [2.05, 4.69) is 25.1 Å². The molecule has 0 bridgehead atoms. The van der Waals surface area contributed by atoms with E-state index in [1.165, 1.54) is 25.7 Å². The highest BCUT2D eigenvalue weighted by atomic mass is 15.3. The van der Waals surface area contributed by atoms with Gasteiger partial charge in [-0.2, -0.15) is 5.10 Å². The first-order valence-corrected chi connectivity index (χ1v) is 6.81. The van der Waals surface area contributed by atoms with E-state index in [9.17, 15) is 0 Å². The average molecular weight is 243 g/mol. The van der Waals surface area contributed by atoms with Gasteiger partial charge in [0.2, 0.25) is 0 Å². The zero-order valence-electron chi connectivity index (χ0n) is 10.3. The molecule has 1 N–H and O–H groups in total. The number of nitrogens with one attached hydrogen (secondary N) is 1. The van der Waals surface area contributed by atoms with Gasteiger partial charge in [-0.25, -0.2) is 9.97 Å². The number of aromatic nitrogens is 4. The van der Waals surface area contributed by atoms with E-state index in [1.807, 2.05) is 6.20 Å². The van der Waals surface area contributed by atoms with Gasteiger partial charge in [-0.15, -0.1) is 0 Å². The van der Waals surface area contributed by atoms with Crippen molar-refractivity contribution < 1.29 is 0 Å². The van der Waals surface area contributed by atoms with E-state index in [0.717, 1.165) is 41.8 Å². The minimum Gasteiger partial charge on any atom is -0.355 e. The molecule has 1 aliphatic carbocycles. The predicted octanol–water partition coefficient (Wildman–Crippen LogP) is 1.98. The second kappa shape index (κ2) is 3.93. The van der Waals surface area contributed by atoms with Crippen molar-refractivity contribution in [2.45, 2.75) is 25.7 Å². The second-order valence-electron chi connectivity index (χ2n) is 5.54. The largest absolute Gasteiger partial charge is 0.355 e. The van der Waals surface area contributed by atoms with E-state index < -0.39 is 0 Å². The Morgan fingerprint density at radius 1 is 1.11 bits per heavy atom. The number of H-pyrrole nitrogens is 1. The lowest BCUT2D eigenvalue weighted by Crippen LogP contribution is -2.50. The minimum absolute atomic E-state index is 0.837. The highest BCUT2D eigenvalue weighted by Gasteiger charge is 2.36. The van der Waals surface area contributed by atoms with Gasteiger partial charge >= 0.3 is 0 Å². The fourth-order valence-electron chi connectivity index (χ4n) is 3.42. The number of rotatable bonds is 2. The third kappa shape index (κ3) is 1.50. The Hall–Kier alpha value is -1.65. The van der Waals surface area contributed by atoms with Crippen LogP contribution in [-0.2, 0) is 0 Å². The van der Waals surface area contributed by atoms with Crippen LogP contribution in [0.25, 0.3) is 11.0 Å². The van der Waals surface area contributed by atoms with Crippen molar-refractivity contribution in [2.75, 3.05) is 18.0 Å². The molecule has 2 aromatic heterocycles. The quantitative estimate of drug-likeness (QED) is 0.876. The molecule has 2 fully saturated rings. The first-order valence-electron chi connectivity index (χ1n) is 6.81. The van der Waals surface area contributed by atoms with Gasteiger partial charge in [-0.3, -0.25) is 5.10 Å². The number of hydrogen-bond acceptors (Lipinski definition) is 4. The standard InChI is InChI=1S/C13H17N5/c1-2-4-9(3-1)10-6-18(7-10)13-11-5-16-17-12(11)14-8-15-13/h5,8-10H,1-4,6-7H2,(H,14,15,16,17). The molecule has 3 heterocycles. The van der Waals surface area contributed by atoms with Gasteiger partial charge in [-0.1, -0.05) is 25.7 Å². The van der Waals surface area contributed by atoms with Crippen molar-refractivity contribution in [3.05, 3.63) is 12.5 Å². The monoisotopic (exact) mass is 243 g/mol. The van der Waals surface area contributed by atoms with Gasteiger partial charge in [0.05, 0.1) is 11.6 Å². The van der Waals surface area contributed by atoms with Gasteiger partial charge in [-0.05, 0) is 11.8 Å². The molecule has 0 unspecified atom stereocenters. The third-order valence-corrected chi connectivity index (χ3v) is 4.50. The van der Waals surface area contributed by atoms with Crippen LogP contribution in [0.5, 0.6) is 0 Å². The van der Waals surface area contributed by atoms with Crippen LogP contribution in [0.4, 0.5) is 5.82 Å². The second-order valence-corrected chi connectivity index (χ2v) is 5.54. The van der Waals surface area contributed by atoms with Gasteiger partial charge in [0.25, 0.3) is 0 Å². The van der Waals surface area contributed by atoms with Crippen LogP contribution in [0.2, 0.25) is 0 Å². The molecule has 4 rings (SSSR count). The first kappa shape index (κ1) is 10.3. The molecule has 1 saturated carbocycles. The van der Waals surface area contributed by atoms with Crippen molar-refractivity contribution in [1.82, 2.24) is 20.2 Å².